The van der Waals surface area contributed by atoms with Crippen molar-refractivity contribution >= 4 is 11.8 Å². The van der Waals surface area contributed by atoms with Gasteiger partial charge >= 0.3 is 5.97 Å². The molecule has 0 fully saturated rings. The van der Waals surface area contributed by atoms with Crippen LogP contribution in [0, 0.1) is 0 Å². The molecule has 0 aliphatic rings. The van der Waals surface area contributed by atoms with E-state index >= 15 is 0 Å². The summed E-state index contributed by atoms with van der Waals surface area (Å²) in [6, 6.07) is 4.10. The first-order valence-electron chi connectivity index (χ1n) is 4.05. The van der Waals surface area contributed by atoms with Gasteiger partial charge in [-0.2, -0.15) is 0 Å². The summed E-state index contributed by atoms with van der Waals surface area (Å²) in [7, 11) is 0. The number of hydrogen-bond acceptors (Lipinski definition) is 3. The zero-order chi connectivity index (χ0) is 10.7. The van der Waals surface area contributed by atoms with E-state index in [4.69, 9.17) is 5.11 Å². The second-order valence-corrected chi connectivity index (χ2v) is 3.04. The lowest BCUT2D eigenvalue weighted by Crippen LogP contribution is -2.00. The van der Waals surface area contributed by atoms with Crippen molar-refractivity contribution in [2.45, 2.75) is 13.3 Å². The van der Waals surface area contributed by atoms with Crippen molar-refractivity contribution in [3.8, 4) is 5.75 Å². The number of carboxylic acids is 1. The van der Waals surface area contributed by atoms with Gasteiger partial charge in [0.05, 0.1) is 0 Å². The molecule has 0 saturated carbocycles. The number of carboxylic acid groups (broad SMARTS) is 1. The lowest BCUT2D eigenvalue weighted by atomic mass is 10.1. The molecule has 0 bridgehead atoms. The summed E-state index contributed by atoms with van der Waals surface area (Å²) in [5.41, 5.74) is 0.456. The van der Waals surface area contributed by atoms with E-state index in [0.717, 1.165) is 0 Å². The maximum absolute atomic E-state index is 10.7. The topological polar surface area (TPSA) is 74.6 Å². The quantitative estimate of drug-likeness (QED) is 0.758. The Bertz CT molecular complexity index is 382. The highest BCUT2D eigenvalue weighted by Gasteiger charge is 2.09. The van der Waals surface area contributed by atoms with Gasteiger partial charge in [-0.3, -0.25) is 4.79 Å². The van der Waals surface area contributed by atoms with Gasteiger partial charge in [-0.25, -0.2) is 4.79 Å². The predicted octanol–water partition coefficient (Wildman–Crippen LogP) is 1.22. The predicted molar refractivity (Wildman–Crippen MR) is 49.5 cm³/mol. The lowest BCUT2D eigenvalue weighted by molar-refractivity contribution is -0.116. The molecule has 0 radical (unpaired) electrons. The van der Waals surface area contributed by atoms with E-state index < -0.39 is 5.97 Å². The first kappa shape index (κ1) is 10.2. The number of aromatic carboxylic acids is 1. The van der Waals surface area contributed by atoms with Crippen molar-refractivity contribution < 1.29 is 19.8 Å². The summed E-state index contributed by atoms with van der Waals surface area (Å²) in [5, 5.41) is 17.9. The molecule has 0 atom stereocenters. The zero-order valence-electron chi connectivity index (χ0n) is 7.65. The Morgan fingerprint density at radius 2 is 2.00 bits per heavy atom. The van der Waals surface area contributed by atoms with Gasteiger partial charge in [0.15, 0.2) is 0 Å². The van der Waals surface area contributed by atoms with E-state index in [9.17, 15) is 14.7 Å². The molecule has 0 unspecified atom stereocenters. The number of aromatic hydroxyl groups is 1. The largest absolute Gasteiger partial charge is 0.507 e. The highest BCUT2D eigenvalue weighted by Crippen LogP contribution is 2.19. The van der Waals surface area contributed by atoms with Gasteiger partial charge < -0.3 is 10.2 Å². The summed E-state index contributed by atoms with van der Waals surface area (Å²) in [4.78, 5) is 21.3. The highest BCUT2D eigenvalue weighted by molar-refractivity contribution is 5.91. The minimum Gasteiger partial charge on any atom is -0.507 e. The normalized spacial score (nSPS) is 9.79. The third-order valence-electron chi connectivity index (χ3n) is 1.75. The zero-order valence-corrected chi connectivity index (χ0v) is 7.65. The van der Waals surface area contributed by atoms with Crippen LogP contribution in [0.25, 0.3) is 0 Å². The summed E-state index contributed by atoms with van der Waals surface area (Å²) in [6.07, 6.45) is 0.202. The Labute approximate surface area is 80.8 Å². The molecule has 1 aromatic rings. The number of hydrogen-bond donors (Lipinski definition) is 2. The molecule has 0 heterocycles. The van der Waals surface area contributed by atoms with Crippen molar-refractivity contribution in [1.29, 1.82) is 0 Å². The number of rotatable bonds is 3. The molecular formula is C10H10O4. The monoisotopic (exact) mass is 194 g/mol. The van der Waals surface area contributed by atoms with Crippen molar-refractivity contribution in [2.75, 3.05) is 0 Å². The molecule has 2 N–H and O–H groups in total. The molecule has 4 nitrogen and oxygen atoms in total. The smallest absolute Gasteiger partial charge is 0.339 e. The Morgan fingerprint density at radius 1 is 1.36 bits per heavy atom. The number of carbonyl (C=O) groups excluding carboxylic acids is 1. The van der Waals surface area contributed by atoms with E-state index in [-0.39, 0.29) is 23.5 Å². The fraction of sp³-hybridized carbons (Fsp3) is 0.200. The van der Waals surface area contributed by atoms with Gasteiger partial charge in [0.2, 0.25) is 0 Å². The molecular weight excluding hydrogens is 184 g/mol. The third-order valence-corrected chi connectivity index (χ3v) is 1.75. The minimum absolute atomic E-state index is 0.0347. The minimum atomic E-state index is -1.18. The van der Waals surface area contributed by atoms with Crippen LogP contribution < -0.4 is 0 Å². The van der Waals surface area contributed by atoms with Crippen LogP contribution in [0.3, 0.4) is 0 Å². The van der Waals surface area contributed by atoms with E-state index in [1.165, 1.54) is 25.1 Å². The van der Waals surface area contributed by atoms with E-state index in [1.54, 1.807) is 0 Å². The van der Waals surface area contributed by atoms with Crippen LogP contribution >= 0.6 is 0 Å². The lowest BCUT2D eigenvalue weighted by Gasteiger charge is -2.02. The molecule has 0 saturated heterocycles. The van der Waals surface area contributed by atoms with E-state index in [2.05, 4.69) is 0 Å². The van der Waals surface area contributed by atoms with E-state index in [1.807, 2.05) is 0 Å². The molecule has 0 spiro atoms. The Kier molecular flexibility index (Phi) is 2.86. The van der Waals surface area contributed by atoms with Crippen LogP contribution in [0.2, 0.25) is 0 Å². The van der Waals surface area contributed by atoms with Crippen LogP contribution in [-0.2, 0) is 11.2 Å². The Balaban J connectivity index is 3.00. The molecule has 0 aliphatic heterocycles. The van der Waals surface area contributed by atoms with Crippen LogP contribution in [0.5, 0.6) is 5.75 Å². The molecule has 0 aromatic heterocycles. The molecule has 0 amide bonds. The maximum Gasteiger partial charge on any atom is 0.339 e. The third kappa shape index (κ3) is 2.32. The van der Waals surface area contributed by atoms with Crippen molar-refractivity contribution in [3.63, 3.8) is 0 Å². The standard InChI is InChI=1S/C10H10O4/c1-6(11)4-7-2-3-8(10(13)14)9(12)5-7/h2-3,5,12H,4H2,1H3,(H,13,14). The molecule has 74 valence electrons. The first-order valence-corrected chi connectivity index (χ1v) is 4.05. The molecule has 0 aliphatic carbocycles. The first-order chi connectivity index (χ1) is 6.50. The van der Waals surface area contributed by atoms with Crippen molar-refractivity contribution in [3.05, 3.63) is 29.3 Å². The SMILES string of the molecule is CC(=O)Cc1ccc(C(=O)O)c(O)c1. The number of Topliss-reactive ketones (excluding diaryl/α,β-unsaturated/α-hetero) is 1. The summed E-state index contributed by atoms with van der Waals surface area (Å²) in [5.74, 6) is -1.53. The van der Waals surface area contributed by atoms with Crippen LogP contribution in [0.15, 0.2) is 18.2 Å². The molecule has 1 rings (SSSR count). The molecule has 4 heteroatoms. The number of benzene rings is 1. The van der Waals surface area contributed by atoms with Crippen molar-refractivity contribution in [2.24, 2.45) is 0 Å². The second-order valence-electron chi connectivity index (χ2n) is 3.04. The summed E-state index contributed by atoms with van der Waals surface area (Å²) >= 11 is 0. The fourth-order valence-electron chi connectivity index (χ4n) is 1.16. The highest BCUT2D eigenvalue weighted by atomic mass is 16.4. The van der Waals surface area contributed by atoms with Crippen molar-refractivity contribution in [1.82, 2.24) is 0 Å². The van der Waals surface area contributed by atoms with Gasteiger partial charge in [0.1, 0.15) is 17.1 Å². The molecule has 1 aromatic carbocycles. The van der Waals surface area contributed by atoms with Gasteiger partial charge in [-0.15, -0.1) is 0 Å². The van der Waals surface area contributed by atoms with Crippen LogP contribution in [0.1, 0.15) is 22.8 Å². The number of carbonyl (C=O) groups is 2. The van der Waals surface area contributed by atoms with Crippen LogP contribution in [0.4, 0.5) is 0 Å². The second kappa shape index (κ2) is 3.91. The number of ketones is 1. The molecule has 14 heavy (non-hydrogen) atoms. The van der Waals surface area contributed by atoms with Crippen LogP contribution in [-0.4, -0.2) is 22.0 Å². The van der Waals surface area contributed by atoms with Gasteiger partial charge in [-0.1, -0.05) is 6.07 Å². The fourth-order valence-corrected chi connectivity index (χ4v) is 1.16. The van der Waals surface area contributed by atoms with Gasteiger partial charge in [-0.05, 0) is 24.6 Å². The Morgan fingerprint density at radius 3 is 2.43 bits per heavy atom. The van der Waals surface area contributed by atoms with Gasteiger partial charge in [0, 0.05) is 6.42 Å². The summed E-state index contributed by atoms with van der Waals surface area (Å²) < 4.78 is 0. The average Bonchev–Trinajstić information content (AvgIpc) is 2.01. The average molecular weight is 194 g/mol. The van der Waals surface area contributed by atoms with Gasteiger partial charge in [0.25, 0.3) is 0 Å². The Hall–Kier alpha value is -1.84. The van der Waals surface area contributed by atoms with E-state index in [0.29, 0.717) is 5.56 Å². The number of phenols is 1. The maximum atomic E-state index is 10.7. The summed E-state index contributed by atoms with van der Waals surface area (Å²) in [6.45, 7) is 1.43.